The molecular formula is C20H17N3O4. The van der Waals surface area contributed by atoms with Crippen LogP contribution >= 0.6 is 0 Å². The molecule has 0 radical (unpaired) electrons. The summed E-state index contributed by atoms with van der Waals surface area (Å²) < 4.78 is 5.02. The number of amides is 2. The number of carbonyl (C=O) groups is 3. The SMILES string of the molecule is CC(=O)Nc1cccc(NC(=O)COC(=O)c2ccc3ccccc3n2)c1. The predicted molar refractivity (Wildman–Crippen MR) is 101 cm³/mol. The first-order valence-electron chi connectivity index (χ1n) is 8.22. The number of nitrogens with one attached hydrogen (secondary N) is 2. The highest BCUT2D eigenvalue weighted by Crippen LogP contribution is 2.15. The molecule has 0 saturated carbocycles. The molecule has 2 amide bonds. The van der Waals surface area contributed by atoms with E-state index < -0.39 is 18.5 Å². The number of para-hydroxylation sites is 1. The van der Waals surface area contributed by atoms with Crippen LogP contribution in [0.5, 0.6) is 0 Å². The Morgan fingerprint density at radius 1 is 0.926 bits per heavy atom. The Labute approximate surface area is 155 Å². The summed E-state index contributed by atoms with van der Waals surface area (Å²) in [6.07, 6.45) is 0. The van der Waals surface area contributed by atoms with Gasteiger partial charge < -0.3 is 15.4 Å². The van der Waals surface area contributed by atoms with Crippen LogP contribution in [0.4, 0.5) is 11.4 Å². The average Bonchev–Trinajstić information content (AvgIpc) is 2.65. The number of aromatic nitrogens is 1. The van der Waals surface area contributed by atoms with Gasteiger partial charge in [-0.2, -0.15) is 0 Å². The molecule has 0 fully saturated rings. The number of hydrogen-bond donors (Lipinski definition) is 2. The second kappa shape index (κ2) is 8.09. The Bertz CT molecular complexity index is 1020. The van der Waals surface area contributed by atoms with Gasteiger partial charge in [0.1, 0.15) is 5.69 Å². The minimum Gasteiger partial charge on any atom is -0.451 e. The monoisotopic (exact) mass is 363 g/mol. The van der Waals surface area contributed by atoms with Crippen molar-refractivity contribution in [3.05, 3.63) is 66.4 Å². The Morgan fingerprint density at radius 3 is 2.44 bits per heavy atom. The van der Waals surface area contributed by atoms with Crippen LogP contribution in [0.15, 0.2) is 60.7 Å². The van der Waals surface area contributed by atoms with Gasteiger partial charge in [0, 0.05) is 23.7 Å². The molecule has 136 valence electrons. The molecule has 1 aromatic heterocycles. The first-order chi connectivity index (χ1) is 13.0. The van der Waals surface area contributed by atoms with E-state index in [0.29, 0.717) is 16.9 Å². The van der Waals surface area contributed by atoms with E-state index >= 15 is 0 Å². The average molecular weight is 363 g/mol. The lowest BCUT2D eigenvalue weighted by Crippen LogP contribution is -2.21. The van der Waals surface area contributed by atoms with Crippen molar-refractivity contribution in [2.24, 2.45) is 0 Å². The van der Waals surface area contributed by atoms with Crippen molar-refractivity contribution in [1.82, 2.24) is 4.98 Å². The minimum absolute atomic E-state index is 0.133. The maximum absolute atomic E-state index is 12.1. The van der Waals surface area contributed by atoms with E-state index in [0.717, 1.165) is 5.39 Å². The largest absolute Gasteiger partial charge is 0.451 e. The summed E-state index contributed by atoms with van der Waals surface area (Å²) in [6, 6.07) is 17.4. The van der Waals surface area contributed by atoms with Crippen molar-refractivity contribution in [2.45, 2.75) is 6.92 Å². The Hall–Kier alpha value is -3.74. The summed E-state index contributed by atoms with van der Waals surface area (Å²) in [6.45, 7) is 0.948. The van der Waals surface area contributed by atoms with Gasteiger partial charge in [-0.1, -0.05) is 30.3 Å². The topological polar surface area (TPSA) is 97.4 Å². The molecule has 0 unspecified atom stereocenters. The summed E-state index contributed by atoms with van der Waals surface area (Å²) in [5.41, 5.74) is 1.84. The third kappa shape index (κ3) is 4.88. The number of anilines is 2. The molecule has 0 aliphatic rings. The van der Waals surface area contributed by atoms with Crippen molar-refractivity contribution in [3.63, 3.8) is 0 Å². The second-order valence-electron chi connectivity index (χ2n) is 5.78. The maximum atomic E-state index is 12.1. The highest BCUT2D eigenvalue weighted by atomic mass is 16.5. The fourth-order valence-corrected chi connectivity index (χ4v) is 2.46. The molecule has 3 rings (SSSR count). The van der Waals surface area contributed by atoms with E-state index in [1.165, 1.54) is 6.92 Å². The highest BCUT2D eigenvalue weighted by Gasteiger charge is 2.12. The van der Waals surface area contributed by atoms with Gasteiger partial charge >= 0.3 is 5.97 Å². The van der Waals surface area contributed by atoms with Crippen molar-refractivity contribution in [1.29, 1.82) is 0 Å². The van der Waals surface area contributed by atoms with Gasteiger partial charge in [0.2, 0.25) is 5.91 Å². The van der Waals surface area contributed by atoms with E-state index in [-0.39, 0.29) is 11.6 Å². The zero-order valence-corrected chi connectivity index (χ0v) is 14.6. The first-order valence-corrected chi connectivity index (χ1v) is 8.22. The van der Waals surface area contributed by atoms with Gasteiger partial charge in [0.05, 0.1) is 5.52 Å². The fraction of sp³-hybridized carbons (Fsp3) is 0.100. The maximum Gasteiger partial charge on any atom is 0.357 e. The fourth-order valence-electron chi connectivity index (χ4n) is 2.46. The summed E-state index contributed by atoms with van der Waals surface area (Å²) in [4.78, 5) is 39.4. The molecule has 27 heavy (non-hydrogen) atoms. The molecule has 2 N–H and O–H groups in total. The summed E-state index contributed by atoms with van der Waals surface area (Å²) in [7, 11) is 0. The van der Waals surface area contributed by atoms with Crippen molar-refractivity contribution < 1.29 is 19.1 Å². The quantitative estimate of drug-likeness (QED) is 0.679. The first kappa shape index (κ1) is 18.1. The molecule has 0 spiro atoms. The van der Waals surface area contributed by atoms with Crippen LogP contribution in [0.3, 0.4) is 0 Å². The lowest BCUT2D eigenvalue weighted by molar-refractivity contribution is -0.119. The molecule has 0 atom stereocenters. The third-order valence-corrected chi connectivity index (χ3v) is 3.61. The molecule has 2 aromatic carbocycles. The van der Waals surface area contributed by atoms with Crippen molar-refractivity contribution >= 4 is 40.1 Å². The molecular weight excluding hydrogens is 346 g/mol. The number of nitrogens with zero attached hydrogens (tertiary/aromatic N) is 1. The zero-order chi connectivity index (χ0) is 19.2. The van der Waals surface area contributed by atoms with Crippen molar-refractivity contribution in [2.75, 3.05) is 17.2 Å². The Balaban J connectivity index is 1.58. The summed E-state index contributed by atoms with van der Waals surface area (Å²) >= 11 is 0. The predicted octanol–water partition coefficient (Wildman–Crippen LogP) is 2.99. The smallest absolute Gasteiger partial charge is 0.357 e. The van der Waals surface area contributed by atoms with Gasteiger partial charge in [0.25, 0.3) is 5.91 Å². The van der Waals surface area contributed by atoms with Crippen molar-refractivity contribution in [3.8, 4) is 0 Å². The Kier molecular flexibility index (Phi) is 5.41. The number of fused-ring (bicyclic) bond motifs is 1. The molecule has 0 saturated heterocycles. The lowest BCUT2D eigenvalue weighted by atomic mass is 10.2. The van der Waals surface area contributed by atoms with Gasteiger partial charge in [-0.25, -0.2) is 9.78 Å². The van der Waals surface area contributed by atoms with Gasteiger partial charge in [-0.15, -0.1) is 0 Å². The molecule has 0 bridgehead atoms. The number of esters is 1. The lowest BCUT2D eigenvalue weighted by Gasteiger charge is -2.08. The number of benzene rings is 2. The molecule has 0 aliphatic heterocycles. The number of carbonyl (C=O) groups excluding carboxylic acids is 3. The van der Waals surface area contributed by atoms with E-state index in [1.807, 2.05) is 18.2 Å². The van der Waals surface area contributed by atoms with Crippen LogP contribution in [0.25, 0.3) is 10.9 Å². The van der Waals surface area contributed by atoms with Crippen LogP contribution in [0.2, 0.25) is 0 Å². The highest BCUT2D eigenvalue weighted by molar-refractivity contribution is 5.96. The van der Waals surface area contributed by atoms with E-state index in [1.54, 1.807) is 42.5 Å². The zero-order valence-electron chi connectivity index (χ0n) is 14.6. The Morgan fingerprint density at radius 2 is 1.67 bits per heavy atom. The number of rotatable bonds is 5. The third-order valence-electron chi connectivity index (χ3n) is 3.61. The van der Waals surface area contributed by atoms with Gasteiger partial charge in [-0.05, 0) is 30.3 Å². The van der Waals surface area contributed by atoms with Crippen LogP contribution in [0.1, 0.15) is 17.4 Å². The van der Waals surface area contributed by atoms with Crippen LogP contribution < -0.4 is 10.6 Å². The molecule has 3 aromatic rings. The number of hydrogen-bond acceptors (Lipinski definition) is 5. The molecule has 7 nitrogen and oxygen atoms in total. The molecule has 1 heterocycles. The van der Waals surface area contributed by atoms with Crippen LogP contribution in [-0.2, 0) is 14.3 Å². The van der Waals surface area contributed by atoms with Gasteiger partial charge in [0.15, 0.2) is 6.61 Å². The van der Waals surface area contributed by atoms with Gasteiger partial charge in [-0.3, -0.25) is 9.59 Å². The van der Waals surface area contributed by atoms with Crippen LogP contribution in [-0.4, -0.2) is 29.4 Å². The minimum atomic E-state index is -0.678. The van der Waals surface area contributed by atoms with E-state index in [2.05, 4.69) is 15.6 Å². The normalized spacial score (nSPS) is 10.3. The second-order valence-corrected chi connectivity index (χ2v) is 5.78. The van der Waals surface area contributed by atoms with E-state index in [9.17, 15) is 14.4 Å². The standard InChI is InChI=1S/C20H17N3O4/c1-13(24)21-15-6-4-7-16(11-15)22-19(25)12-27-20(26)18-10-9-14-5-2-3-8-17(14)23-18/h2-11H,12H2,1H3,(H,21,24)(H,22,25). The number of pyridine rings is 1. The molecule has 0 aliphatic carbocycles. The number of ether oxygens (including phenoxy) is 1. The van der Waals surface area contributed by atoms with E-state index in [4.69, 9.17) is 4.74 Å². The summed E-state index contributed by atoms with van der Waals surface area (Å²) in [5, 5.41) is 6.13. The molecule has 7 heteroatoms. The summed E-state index contributed by atoms with van der Waals surface area (Å²) in [5.74, 6) is -1.39. The van der Waals surface area contributed by atoms with Crippen LogP contribution in [0, 0.1) is 0 Å².